The number of H-pyrrole nitrogens is 1. The van der Waals surface area contributed by atoms with Gasteiger partial charge in [-0.25, -0.2) is 4.98 Å². The maximum Gasteiger partial charge on any atom is 0.223 e. The number of aryl methyl sites for hydroxylation is 1. The molecule has 0 aliphatic rings. The second-order valence-corrected chi connectivity index (χ2v) is 3.13. The summed E-state index contributed by atoms with van der Waals surface area (Å²) in [6.07, 6.45) is 5.16. The summed E-state index contributed by atoms with van der Waals surface area (Å²) in [6.45, 7) is 1.98. The number of nitrogens with zero attached hydrogens (tertiary/aromatic N) is 2. The number of hydrogen-bond acceptors (Lipinski definition) is 3. The molecular formula is C9H15N5O. The van der Waals surface area contributed by atoms with E-state index in [-0.39, 0.29) is 11.9 Å². The average molecular weight is 209 g/mol. The molecule has 0 radical (unpaired) electrons. The van der Waals surface area contributed by atoms with Crippen molar-refractivity contribution in [3.63, 3.8) is 0 Å². The molecule has 0 saturated carbocycles. The molecule has 0 atom stereocenters. The number of guanidine groups is 1. The monoisotopic (exact) mass is 209 g/mol. The fourth-order valence-corrected chi connectivity index (χ4v) is 1.11. The maximum atomic E-state index is 10.6. The average Bonchev–Trinajstić information content (AvgIpc) is 2.63. The lowest BCUT2D eigenvalue weighted by Gasteiger charge is -2.00. The van der Waals surface area contributed by atoms with Gasteiger partial charge in [-0.05, 0) is 12.8 Å². The van der Waals surface area contributed by atoms with Gasteiger partial charge in [0, 0.05) is 25.4 Å². The van der Waals surface area contributed by atoms with Crippen LogP contribution in [0.15, 0.2) is 17.5 Å². The van der Waals surface area contributed by atoms with E-state index in [2.05, 4.69) is 20.3 Å². The van der Waals surface area contributed by atoms with Crippen molar-refractivity contribution in [2.75, 3.05) is 6.54 Å². The summed E-state index contributed by atoms with van der Waals surface area (Å²) >= 11 is 0. The molecule has 1 aromatic heterocycles. The molecule has 0 spiro atoms. The highest BCUT2D eigenvalue weighted by Gasteiger charge is 1.95. The van der Waals surface area contributed by atoms with Gasteiger partial charge < -0.3 is 10.7 Å². The van der Waals surface area contributed by atoms with Crippen LogP contribution in [0.4, 0.5) is 0 Å². The standard InChI is InChI=1S/C9H15N5O/c1-7(15)14-9(10)12-4-2-3-8-5-11-6-13-8/h5-6H,2-4H2,1H3,(H,11,13)(H3,10,12,14,15). The molecule has 0 aromatic carbocycles. The van der Waals surface area contributed by atoms with Crippen LogP contribution in [0.1, 0.15) is 19.0 Å². The zero-order valence-electron chi connectivity index (χ0n) is 8.66. The number of aliphatic imine (C=N–C) groups is 1. The number of imidazole rings is 1. The number of rotatable bonds is 4. The fourth-order valence-electron chi connectivity index (χ4n) is 1.11. The molecule has 6 heteroatoms. The summed E-state index contributed by atoms with van der Waals surface area (Å²) in [4.78, 5) is 21.5. The minimum absolute atomic E-state index is 0.173. The van der Waals surface area contributed by atoms with E-state index in [1.54, 1.807) is 12.5 Å². The highest BCUT2D eigenvalue weighted by atomic mass is 16.1. The van der Waals surface area contributed by atoms with Crippen molar-refractivity contribution in [2.45, 2.75) is 19.8 Å². The van der Waals surface area contributed by atoms with Crippen LogP contribution in [0.2, 0.25) is 0 Å². The van der Waals surface area contributed by atoms with Crippen molar-refractivity contribution in [3.8, 4) is 0 Å². The van der Waals surface area contributed by atoms with Crippen molar-refractivity contribution >= 4 is 11.9 Å². The molecule has 0 saturated heterocycles. The molecule has 15 heavy (non-hydrogen) atoms. The molecule has 4 N–H and O–H groups in total. The minimum Gasteiger partial charge on any atom is -0.370 e. The first-order valence-electron chi connectivity index (χ1n) is 4.73. The third-order valence-electron chi connectivity index (χ3n) is 1.75. The number of carbonyl (C=O) groups is 1. The smallest absolute Gasteiger partial charge is 0.223 e. The Bertz CT molecular complexity index is 330. The number of aromatic nitrogens is 2. The van der Waals surface area contributed by atoms with Crippen LogP contribution in [-0.4, -0.2) is 28.4 Å². The van der Waals surface area contributed by atoms with Crippen LogP contribution in [0.3, 0.4) is 0 Å². The number of carbonyl (C=O) groups excluding carboxylic acids is 1. The van der Waals surface area contributed by atoms with Crippen LogP contribution >= 0.6 is 0 Å². The van der Waals surface area contributed by atoms with Gasteiger partial charge >= 0.3 is 0 Å². The first kappa shape index (κ1) is 11.2. The Morgan fingerprint density at radius 3 is 3.13 bits per heavy atom. The van der Waals surface area contributed by atoms with Crippen LogP contribution in [0.5, 0.6) is 0 Å². The predicted octanol–water partition coefficient (Wildman–Crippen LogP) is -0.207. The lowest BCUT2D eigenvalue weighted by Crippen LogP contribution is -2.35. The summed E-state index contributed by atoms with van der Waals surface area (Å²) in [6, 6.07) is 0. The molecule has 0 aliphatic carbocycles. The lowest BCUT2D eigenvalue weighted by atomic mass is 10.2. The third-order valence-corrected chi connectivity index (χ3v) is 1.75. The zero-order chi connectivity index (χ0) is 11.1. The fraction of sp³-hybridized carbons (Fsp3) is 0.444. The Kier molecular flexibility index (Phi) is 4.33. The number of nitrogens with two attached hydrogens (primary N) is 1. The Balaban J connectivity index is 2.18. The van der Waals surface area contributed by atoms with Gasteiger partial charge in [0.1, 0.15) is 0 Å². The van der Waals surface area contributed by atoms with Crippen molar-refractivity contribution in [1.29, 1.82) is 0 Å². The Labute approximate surface area is 88.0 Å². The summed E-state index contributed by atoms with van der Waals surface area (Å²) in [5, 5.41) is 2.41. The van der Waals surface area contributed by atoms with E-state index in [1.165, 1.54) is 6.92 Å². The van der Waals surface area contributed by atoms with Crippen molar-refractivity contribution in [3.05, 3.63) is 18.2 Å². The van der Waals surface area contributed by atoms with E-state index in [4.69, 9.17) is 5.73 Å². The quantitative estimate of drug-likeness (QED) is 0.364. The molecule has 82 valence electrons. The van der Waals surface area contributed by atoms with E-state index in [0.29, 0.717) is 6.54 Å². The molecule has 1 heterocycles. The zero-order valence-corrected chi connectivity index (χ0v) is 8.66. The molecule has 1 amide bonds. The lowest BCUT2D eigenvalue weighted by molar-refractivity contribution is -0.117. The van der Waals surface area contributed by atoms with Gasteiger partial charge in [0.05, 0.1) is 6.33 Å². The van der Waals surface area contributed by atoms with E-state index >= 15 is 0 Å². The van der Waals surface area contributed by atoms with Crippen LogP contribution in [0, 0.1) is 0 Å². The molecule has 6 nitrogen and oxygen atoms in total. The maximum absolute atomic E-state index is 10.6. The Morgan fingerprint density at radius 1 is 1.73 bits per heavy atom. The third kappa shape index (κ3) is 4.80. The second kappa shape index (κ2) is 5.79. The Hall–Kier alpha value is -1.85. The molecule has 1 rings (SSSR count). The largest absolute Gasteiger partial charge is 0.370 e. The first-order chi connectivity index (χ1) is 7.18. The molecule has 0 aliphatic heterocycles. The minimum atomic E-state index is -0.204. The summed E-state index contributed by atoms with van der Waals surface area (Å²) in [7, 11) is 0. The van der Waals surface area contributed by atoms with Crippen LogP contribution < -0.4 is 11.1 Å². The van der Waals surface area contributed by atoms with E-state index in [0.717, 1.165) is 18.5 Å². The van der Waals surface area contributed by atoms with Gasteiger partial charge in [-0.3, -0.25) is 15.1 Å². The van der Waals surface area contributed by atoms with E-state index in [9.17, 15) is 4.79 Å². The summed E-state index contributed by atoms with van der Waals surface area (Å²) in [5.41, 5.74) is 6.50. The molecule has 0 unspecified atom stereocenters. The van der Waals surface area contributed by atoms with Crippen LogP contribution in [-0.2, 0) is 11.2 Å². The van der Waals surface area contributed by atoms with Crippen molar-refractivity contribution in [2.24, 2.45) is 10.7 Å². The second-order valence-electron chi connectivity index (χ2n) is 3.13. The summed E-state index contributed by atoms with van der Waals surface area (Å²) < 4.78 is 0. The topological polar surface area (TPSA) is 96.2 Å². The van der Waals surface area contributed by atoms with Gasteiger partial charge in [0.2, 0.25) is 5.91 Å². The van der Waals surface area contributed by atoms with E-state index < -0.39 is 0 Å². The molecule has 0 fully saturated rings. The van der Waals surface area contributed by atoms with E-state index in [1.807, 2.05) is 0 Å². The van der Waals surface area contributed by atoms with Crippen molar-refractivity contribution < 1.29 is 4.79 Å². The number of hydrogen-bond donors (Lipinski definition) is 3. The first-order valence-corrected chi connectivity index (χ1v) is 4.73. The number of amides is 1. The molecule has 0 bridgehead atoms. The predicted molar refractivity (Wildman–Crippen MR) is 57.2 cm³/mol. The van der Waals surface area contributed by atoms with Gasteiger partial charge in [-0.15, -0.1) is 0 Å². The number of aromatic amines is 1. The summed E-state index contributed by atoms with van der Waals surface area (Å²) in [5.74, 6) is -0.0306. The highest BCUT2D eigenvalue weighted by Crippen LogP contribution is 1.96. The van der Waals surface area contributed by atoms with Crippen LogP contribution in [0.25, 0.3) is 0 Å². The van der Waals surface area contributed by atoms with Gasteiger partial charge in [-0.2, -0.15) is 0 Å². The van der Waals surface area contributed by atoms with Gasteiger partial charge in [0.25, 0.3) is 0 Å². The molecular weight excluding hydrogens is 194 g/mol. The van der Waals surface area contributed by atoms with Gasteiger partial charge in [0.15, 0.2) is 5.96 Å². The molecule has 1 aromatic rings. The van der Waals surface area contributed by atoms with Gasteiger partial charge in [-0.1, -0.05) is 0 Å². The normalized spacial score (nSPS) is 11.4. The Morgan fingerprint density at radius 2 is 2.53 bits per heavy atom. The van der Waals surface area contributed by atoms with Crippen molar-refractivity contribution in [1.82, 2.24) is 15.3 Å². The highest BCUT2D eigenvalue weighted by molar-refractivity contribution is 5.94. The SMILES string of the molecule is CC(=O)NC(N)=NCCCc1cnc[nH]1. The number of nitrogens with one attached hydrogen (secondary N) is 2.